The molecule has 0 radical (unpaired) electrons. The van der Waals surface area contributed by atoms with E-state index in [-0.39, 0.29) is 4.75 Å². The van der Waals surface area contributed by atoms with Crippen LogP contribution in [0.3, 0.4) is 0 Å². The lowest BCUT2D eigenvalue weighted by Gasteiger charge is -2.36. The third-order valence-corrected chi connectivity index (χ3v) is 8.34. The number of hydrogen-bond acceptors (Lipinski definition) is 2. The van der Waals surface area contributed by atoms with E-state index in [1.807, 2.05) is 11.8 Å². The number of hydrogen-bond donors (Lipinski definition) is 0. The van der Waals surface area contributed by atoms with Crippen molar-refractivity contribution in [3.8, 4) is 5.75 Å². The highest BCUT2D eigenvalue weighted by atomic mass is 32.2. The number of methoxy groups -OCH3 is 1. The smallest absolute Gasteiger partial charge is 0.118 e. The Bertz CT molecular complexity index is 1390. The predicted molar refractivity (Wildman–Crippen MR) is 150 cm³/mol. The van der Waals surface area contributed by atoms with E-state index in [9.17, 15) is 0 Å². The second kappa shape index (κ2) is 10.4. The molecule has 0 aliphatic rings. The Kier molecular flexibility index (Phi) is 6.92. The van der Waals surface area contributed by atoms with Gasteiger partial charge in [0.1, 0.15) is 5.75 Å². The van der Waals surface area contributed by atoms with E-state index in [4.69, 9.17) is 4.74 Å². The van der Waals surface area contributed by atoms with Gasteiger partial charge in [-0.1, -0.05) is 110 Å². The molecule has 5 rings (SSSR count). The fourth-order valence-electron chi connectivity index (χ4n) is 4.72. The van der Waals surface area contributed by atoms with Gasteiger partial charge in [0.25, 0.3) is 0 Å². The van der Waals surface area contributed by atoms with Gasteiger partial charge in [-0.15, -0.1) is 11.8 Å². The molecule has 1 unspecified atom stereocenters. The molecule has 174 valence electrons. The van der Waals surface area contributed by atoms with Gasteiger partial charge in [-0.2, -0.15) is 0 Å². The summed E-state index contributed by atoms with van der Waals surface area (Å²) in [7, 11) is 1.72. The third-order valence-electron chi connectivity index (χ3n) is 6.72. The van der Waals surface area contributed by atoms with Gasteiger partial charge in [0.2, 0.25) is 0 Å². The summed E-state index contributed by atoms with van der Waals surface area (Å²) in [6.45, 7) is 2.20. The van der Waals surface area contributed by atoms with Crippen LogP contribution < -0.4 is 4.74 Å². The Hall–Kier alpha value is -3.49. The van der Waals surface area contributed by atoms with Gasteiger partial charge in [-0.25, -0.2) is 0 Å². The van der Waals surface area contributed by atoms with E-state index >= 15 is 0 Å². The summed E-state index contributed by atoms with van der Waals surface area (Å²) in [5.41, 5.74) is 6.51. The highest BCUT2D eigenvalue weighted by molar-refractivity contribution is 7.99. The number of ether oxygens (including phenoxy) is 1. The SMILES string of the molecule is CCc1ccc(CSC(c2ccccc2)(c2ccc(OC)cc2)c2ccc3ccccc3c2)cc1. The zero-order chi connectivity index (χ0) is 24.1. The van der Waals surface area contributed by atoms with Crippen LogP contribution in [-0.2, 0) is 16.9 Å². The Morgan fingerprint density at radius 3 is 1.89 bits per heavy atom. The van der Waals surface area contributed by atoms with E-state index in [2.05, 4.69) is 128 Å². The van der Waals surface area contributed by atoms with Crippen LogP contribution in [0.5, 0.6) is 5.75 Å². The van der Waals surface area contributed by atoms with E-state index in [0.717, 1.165) is 17.9 Å². The molecule has 1 atom stereocenters. The lowest BCUT2D eigenvalue weighted by atomic mass is 9.83. The van der Waals surface area contributed by atoms with Crippen LogP contribution in [0.25, 0.3) is 10.8 Å². The summed E-state index contributed by atoms with van der Waals surface area (Å²) in [5, 5.41) is 2.51. The van der Waals surface area contributed by atoms with E-state index in [1.165, 1.54) is 38.6 Å². The summed E-state index contributed by atoms with van der Waals surface area (Å²) in [5.74, 6) is 1.77. The van der Waals surface area contributed by atoms with E-state index in [1.54, 1.807) is 7.11 Å². The molecule has 35 heavy (non-hydrogen) atoms. The first-order valence-corrected chi connectivity index (χ1v) is 13.1. The van der Waals surface area contributed by atoms with Crippen molar-refractivity contribution in [2.75, 3.05) is 7.11 Å². The van der Waals surface area contributed by atoms with Crippen LogP contribution in [0.1, 0.15) is 34.7 Å². The largest absolute Gasteiger partial charge is 0.497 e. The highest BCUT2D eigenvalue weighted by Gasteiger charge is 2.37. The first-order valence-electron chi connectivity index (χ1n) is 12.1. The first-order chi connectivity index (χ1) is 17.2. The van der Waals surface area contributed by atoms with Crippen LogP contribution in [0.15, 0.2) is 121 Å². The van der Waals surface area contributed by atoms with Gasteiger partial charge >= 0.3 is 0 Å². The van der Waals surface area contributed by atoms with Crippen LogP contribution in [0.2, 0.25) is 0 Å². The molecule has 0 aliphatic carbocycles. The maximum atomic E-state index is 5.50. The van der Waals surface area contributed by atoms with Gasteiger partial charge in [0.05, 0.1) is 11.9 Å². The Labute approximate surface area is 212 Å². The van der Waals surface area contributed by atoms with Gasteiger partial charge in [-0.05, 0) is 63.2 Å². The quantitative estimate of drug-likeness (QED) is 0.208. The second-order valence-corrected chi connectivity index (χ2v) is 9.99. The van der Waals surface area contributed by atoms with E-state index in [0.29, 0.717) is 0 Å². The molecule has 5 aromatic rings. The van der Waals surface area contributed by atoms with Crippen LogP contribution in [0.4, 0.5) is 0 Å². The minimum atomic E-state index is -0.374. The van der Waals surface area contributed by atoms with Crippen molar-refractivity contribution in [3.05, 3.63) is 149 Å². The molecule has 0 saturated heterocycles. The molecule has 0 spiro atoms. The molecule has 2 heteroatoms. The molecular weight excluding hydrogens is 444 g/mol. The molecule has 0 aromatic heterocycles. The lowest BCUT2D eigenvalue weighted by molar-refractivity contribution is 0.414. The third kappa shape index (κ3) is 4.72. The first kappa shape index (κ1) is 23.3. The molecule has 5 aromatic carbocycles. The zero-order valence-electron chi connectivity index (χ0n) is 20.3. The Morgan fingerprint density at radius 2 is 1.20 bits per heavy atom. The molecular formula is C33H30OS. The Balaban J connectivity index is 1.70. The number of thioether (sulfide) groups is 1. The number of fused-ring (bicyclic) bond motifs is 1. The normalized spacial score (nSPS) is 12.9. The molecule has 0 bridgehead atoms. The topological polar surface area (TPSA) is 9.23 Å². The van der Waals surface area contributed by atoms with Gasteiger partial charge in [-0.3, -0.25) is 0 Å². The van der Waals surface area contributed by atoms with Crippen LogP contribution >= 0.6 is 11.8 Å². The summed E-state index contributed by atoms with van der Waals surface area (Å²) < 4.78 is 5.12. The average molecular weight is 475 g/mol. The molecule has 0 heterocycles. The van der Waals surface area contributed by atoms with Gasteiger partial charge in [0, 0.05) is 5.75 Å². The summed E-state index contributed by atoms with van der Waals surface area (Å²) >= 11 is 1.98. The second-order valence-electron chi connectivity index (χ2n) is 8.80. The average Bonchev–Trinajstić information content (AvgIpc) is 2.94. The monoisotopic (exact) mass is 474 g/mol. The fraction of sp³-hybridized carbons (Fsp3) is 0.152. The minimum absolute atomic E-state index is 0.374. The standard InChI is InChI=1S/C33H30OS/c1-3-25-13-15-26(16-14-25)24-35-33(29-11-5-4-6-12-29,30-19-21-32(34-2)22-20-30)31-18-17-27-9-7-8-10-28(27)23-31/h4-23H,3,24H2,1-2H3. The van der Waals surface area contributed by atoms with Crippen molar-refractivity contribution in [3.63, 3.8) is 0 Å². The van der Waals surface area contributed by atoms with Gasteiger partial charge < -0.3 is 4.74 Å². The highest BCUT2D eigenvalue weighted by Crippen LogP contribution is 2.50. The van der Waals surface area contributed by atoms with Gasteiger partial charge in [0.15, 0.2) is 0 Å². The lowest BCUT2D eigenvalue weighted by Crippen LogP contribution is -2.26. The van der Waals surface area contributed by atoms with Crippen molar-refractivity contribution in [1.82, 2.24) is 0 Å². The van der Waals surface area contributed by atoms with Crippen molar-refractivity contribution < 1.29 is 4.74 Å². The summed E-state index contributed by atoms with van der Waals surface area (Å²) in [4.78, 5) is 0. The number of benzene rings is 5. The van der Waals surface area contributed by atoms with E-state index < -0.39 is 0 Å². The molecule has 0 saturated carbocycles. The molecule has 0 aliphatic heterocycles. The number of aryl methyl sites for hydroxylation is 1. The van der Waals surface area contributed by atoms with Crippen molar-refractivity contribution >= 4 is 22.5 Å². The molecule has 1 nitrogen and oxygen atoms in total. The maximum absolute atomic E-state index is 5.50. The Morgan fingerprint density at radius 1 is 0.600 bits per heavy atom. The van der Waals surface area contributed by atoms with Crippen molar-refractivity contribution in [2.45, 2.75) is 23.8 Å². The fourth-order valence-corrected chi connectivity index (χ4v) is 6.19. The van der Waals surface area contributed by atoms with Crippen LogP contribution in [0, 0.1) is 0 Å². The van der Waals surface area contributed by atoms with Crippen molar-refractivity contribution in [2.24, 2.45) is 0 Å². The maximum Gasteiger partial charge on any atom is 0.118 e. The predicted octanol–water partition coefficient (Wildman–Crippen LogP) is 8.64. The summed E-state index contributed by atoms with van der Waals surface area (Å²) in [6.07, 6.45) is 1.06. The van der Waals surface area contributed by atoms with Crippen LogP contribution in [-0.4, -0.2) is 7.11 Å². The number of rotatable bonds is 8. The minimum Gasteiger partial charge on any atom is -0.497 e. The molecule has 0 N–H and O–H groups in total. The molecule has 0 fully saturated rings. The summed E-state index contributed by atoms with van der Waals surface area (Å²) in [6, 6.07) is 44.0. The zero-order valence-corrected chi connectivity index (χ0v) is 21.1. The molecule has 0 amide bonds. The van der Waals surface area contributed by atoms with Crippen molar-refractivity contribution in [1.29, 1.82) is 0 Å².